The highest BCUT2D eigenvalue weighted by atomic mass is 16.6. The van der Waals surface area contributed by atoms with Crippen LogP contribution in [0.2, 0.25) is 0 Å². The molecule has 20 heavy (non-hydrogen) atoms. The van der Waals surface area contributed by atoms with E-state index in [2.05, 4.69) is 0 Å². The zero-order valence-electron chi connectivity index (χ0n) is 11.7. The van der Waals surface area contributed by atoms with Gasteiger partial charge in [0.25, 0.3) is 0 Å². The summed E-state index contributed by atoms with van der Waals surface area (Å²) in [6.07, 6.45) is 3.60. The van der Waals surface area contributed by atoms with Crippen LogP contribution < -0.4 is 0 Å². The molecular formula is C16H18O4. The van der Waals surface area contributed by atoms with Crippen LogP contribution in [0.25, 0.3) is 0 Å². The number of carboxylic acids is 1. The van der Waals surface area contributed by atoms with Crippen LogP contribution in [0.5, 0.6) is 0 Å². The number of hydrogen-bond acceptors (Lipinski definition) is 3. The Bertz CT molecular complexity index is 550. The van der Waals surface area contributed by atoms with Gasteiger partial charge in [-0.1, -0.05) is 29.8 Å². The molecule has 0 atom stereocenters. The highest BCUT2D eigenvalue weighted by Crippen LogP contribution is 2.45. The maximum Gasteiger partial charge on any atom is 0.332 e. The van der Waals surface area contributed by atoms with Crippen molar-refractivity contribution in [1.82, 2.24) is 0 Å². The highest BCUT2D eigenvalue weighted by Gasteiger charge is 2.42. The lowest BCUT2D eigenvalue weighted by Gasteiger charge is -2.41. The van der Waals surface area contributed by atoms with Gasteiger partial charge < -0.3 is 9.84 Å². The van der Waals surface area contributed by atoms with Crippen LogP contribution in [0.4, 0.5) is 0 Å². The monoisotopic (exact) mass is 274 g/mol. The topological polar surface area (TPSA) is 63.6 Å². The van der Waals surface area contributed by atoms with Crippen molar-refractivity contribution < 1.29 is 19.4 Å². The summed E-state index contributed by atoms with van der Waals surface area (Å²) in [5, 5.41) is 8.77. The number of carbonyl (C=O) groups is 2. The number of carboxylic acid groups (broad SMARTS) is 1. The molecule has 0 aliphatic heterocycles. The maximum atomic E-state index is 11.8. The van der Waals surface area contributed by atoms with E-state index in [0.717, 1.165) is 36.5 Å². The Hall–Kier alpha value is -2.10. The van der Waals surface area contributed by atoms with E-state index in [1.54, 1.807) is 0 Å². The normalized spacial score (nSPS) is 17.2. The fraction of sp³-hybridized carbons (Fsp3) is 0.375. The van der Waals surface area contributed by atoms with Gasteiger partial charge >= 0.3 is 11.9 Å². The average Bonchev–Trinajstić information content (AvgIpc) is 2.35. The molecule has 0 unspecified atom stereocenters. The Morgan fingerprint density at radius 3 is 2.30 bits per heavy atom. The average molecular weight is 274 g/mol. The van der Waals surface area contributed by atoms with E-state index in [0.29, 0.717) is 0 Å². The second kappa shape index (κ2) is 5.49. The fourth-order valence-corrected chi connectivity index (χ4v) is 2.27. The van der Waals surface area contributed by atoms with Gasteiger partial charge in [0.15, 0.2) is 0 Å². The number of ether oxygens (including phenoxy) is 1. The third kappa shape index (κ3) is 2.90. The molecule has 1 aliphatic carbocycles. The Morgan fingerprint density at radius 2 is 1.85 bits per heavy atom. The third-order valence-electron chi connectivity index (χ3n) is 3.71. The van der Waals surface area contributed by atoms with Gasteiger partial charge in [-0.05, 0) is 38.7 Å². The lowest BCUT2D eigenvalue weighted by atomic mass is 9.74. The van der Waals surface area contributed by atoms with Crippen molar-refractivity contribution in [3.05, 3.63) is 47.0 Å². The smallest absolute Gasteiger partial charge is 0.332 e. The van der Waals surface area contributed by atoms with Crippen molar-refractivity contribution in [3.63, 3.8) is 0 Å². The van der Waals surface area contributed by atoms with Crippen LogP contribution in [0, 0.1) is 6.92 Å². The molecule has 1 saturated carbocycles. The molecule has 0 spiro atoms. The van der Waals surface area contributed by atoms with Crippen molar-refractivity contribution in [2.45, 2.75) is 38.7 Å². The molecule has 1 fully saturated rings. The summed E-state index contributed by atoms with van der Waals surface area (Å²) in [6.45, 7) is 3.38. The van der Waals surface area contributed by atoms with Crippen LogP contribution in [-0.4, -0.2) is 17.0 Å². The minimum absolute atomic E-state index is 0.0200. The van der Waals surface area contributed by atoms with E-state index in [1.807, 2.05) is 31.2 Å². The number of rotatable bonds is 4. The first-order chi connectivity index (χ1) is 9.43. The summed E-state index contributed by atoms with van der Waals surface area (Å²) in [5.41, 5.74) is 1.52. The van der Waals surface area contributed by atoms with Crippen molar-refractivity contribution >= 4 is 11.9 Å². The summed E-state index contributed by atoms with van der Waals surface area (Å²) < 4.78 is 5.54. The maximum absolute atomic E-state index is 11.8. The molecule has 1 aliphatic rings. The first kappa shape index (κ1) is 14.3. The molecular weight excluding hydrogens is 256 g/mol. The van der Waals surface area contributed by atoms with Crippen LogP contribution >= 0.6 is 0 Å². The van der Waals surface area contributed by atoms with Gasteiger partial charge in [-0.25, -0.2) is 9.59 Å². The number of aryl methyl sites for hydroxylation is 1. The molecule has 0 aromatic heterocycles. The van der Waals surface area contributed by atoms with Crippen molar-refractivity contribution in [2.24, 2.45) is 0 Å². The molecule has 4 heteroatoms. The second-order valence-electron chi connectivity index (χ2n) is 5.27. The summed E-state index contributed by atoms with van der Waals surface area (Å²) in [7, 11) is 0. The number of carbonyl (C=O) groups excluding carboxylic acids is 1. The fourth-order valence-electron chi connectivity index (χ4n) is 2.27. The van der Waals surface area contributed by atoms with Gasteiger partial charge in [0.05, 0.1) is 0 Å². The predicted octanol–water partition coefficient (Wildman–Crippen LogP) is 2.95. The van der Waals surface area contributed by atoms with Gasteiger partial charge in [-0.3, -0.25) is 0 Å². The molecule has 1 N–H and O–H groups in total. The zero-order valence-corrected chi connectivity index (χ0v) is 11.7. The summed E-state index contributed by atoms with van der Waals surface area (Å²) in [4.78, 5) is 22.6. The molecule has 0 bridgehead atoms. The first-order valence-corrected chi connectivity index (χ1v) is 6.65. The summed E-state index contributed by atoms with van der Waals surface area (Å²) in [6, 6.07) is 7.91. The van der Waals surface area contributed by atoms with Gasteiger partial charge in [-0.2, -0.15) is 0 Å². The molecule has 0 radical (unpaired) electrons. The van der Waals surface area contributed by atoms with Crippen LogP contribution in [0.15, 0.2) is 35.9 Å². The Balaban J connectivity index is 2.16. The number of benzene rings is 1. The molecule has 106 valence electrons. The van der Waals surface area contributed by atoms with E-state index in [-0.39, 0.29) is 5.57 Å². The van der Waals surface area contributed by atoms with Crippen molar-refractivity contribution in [2.75, 3.05) is 0 Å². The predicted molar refractivity (Wildman–Crippen MR) is 74.2 cm³/mol. The number of hydrogen-bond donors (Lipinski definition) is 1. The van der Waals surface area contributed by atoms with E-state index < -0.39 is 17.5 Å². The largest absolute Gasteiger partial charge is 0.478 e. The Morgan fingerprint density at radius 1 is 1.25 bits per heavy atom. The minimum Gasteiger partial charge on any atom is -0.478 e. The van der Waals surface area contributed by atoms with Crippen LogP contribution in [-0.2, 0) is 19.9 Å². The van der Waals surface area contributed by atoms with Gasteiger partial charge in [0.2, 0.25) is 0 Å². The SMILES string of the molecule is C/C(=C\C(=O)OC1(c2ccc(C)cc2)CCC1)C(=O)O. The molecule has 4 nitrogen and oxygen atoms in total. The minimum atomic E-state index is -1.11. The summed E-state index contributed by atoms with van der Waals surface area (Å²) in [5.74, 6) is -1.70. The molecule has 0 saturated heterocycles. The lowest BCUT2D eigenvalue weighted by Crippen LogP contribution is -2.38. The summed E-state index contributed by atoms with van der Waals surface area (Å²) >= 11 is 0. The molecule has 1 aromatic rings. The standard InChI is InChI=1S/C16H18O4/c1-11-4-6-13(7-5-11)16(8-3-9-16)20-14(17)10-12(2)15(18)19/h4-7,10H,3,8-9H2,1-2H3,(H,18,19)/b12-10+. The van der Waals surface area contributed by atoms with Gasteiger partial charge in [0, 0.05) is 11.6 Å². The van der Waals surface area contributed by atoms with E-state index in [9.17, 15) is 9.59 Å². The second-order valence-corrected chi connectivity index (χ2v) is 5.27. The number of aliphatic carboxylic acids is 1. The first-order valence-electron chi connectivity index (χ1n) is 6.65. The number of esters is 1. The van der Waals surface area contributed by atoms with E-state index >= 15 is 0 Å². The Labute approximate surface area is 118 Å². The van der Waals surface area contributed by atoms with Crippen LogP contribution in [0.3, 0.4) is 0 Å². The lowest BCUT2D eigenvalue weighted by molar-refractivity contribution is -0.165. The van der Waals surface area contributed by atoms with E-state index in [1.165, 1.54) is 6.92 Å². The Kier molecular flexibility index (Phi) is 3.93. The quantitative estimate of drug-likeness (QED) is 0.677. The molecule has 2 rings (SSSR count). The van der Waals surface area contributed by atoms with Gasteiger partial charge in [-0.15, -0.1) is 0 Å². The zero-order chi connectivity index (χ0) is 14.8. The third-order valence-corrected chi connectivity index (χ3v) is 3.71. The van der Waals surface area contributed by atoms with Crippen LogP contribution in [0.1, 0.15) is 37.3 Å². The van der Waals surface area contributed by atoms with E-state index in [4.69, 9.17) is 9.84 Å². The molecule has 0 amide bonds. The molecule has 0 heterocycles. The highest BCUT2D eigenvalue weighted by molar-refractivity contribution is 5.95. The molecule has 1 aromatic carbocycles. The van der Waals surface area contributed by atoms with Crippen molar-refractivity contribution in [1.29, 1.82) is 0 Å². The van der Waals surface area contributed by atoms with Crippen molar-refractivity contribution in [3.8, 4) is 0 Å². The van der Waals surface area contributed by atoms with Gasteiger partial charge in [0.1, 0.15) is 5.60 Å².